The summed E-state index contributed by atoms with van der Waals surface area (Å²) < 4.78 is 1.95. The molecule has 4 aromatic rings. The number of pyridine rings is 1. The molecule has 0 spiro atoms. The summed E-state index contributed by atoms with van der Waals surface area (Å²) in [4.78, 5) is 18.4. The molecule has 3 aromatic carbocycles. The van der Waals surface area contributed by atoms with E-state index in [0.29, 0.717) is 5.56 Å². The monoisotopic (exact) mass is 536 g/mol. The first-order valence-electron chi connectivity index (χ1n) is 9.99. The molecule has 3 nitrogen and oxygen atoms in total. The molecule has 0 aliphatic heterocycles. The van der Waals surface area contributed by atoms with Gasteiger partial charge in [0.15, 0.2) is 0 Å². The van der Waals surface area contributed by atoms with Gasteiger partial charge in [-0.1, -0.05) is 61.7 Å². The Morgan fingerprint density at radius 1 is 0.839 bits per heavy atom. The van der Waals surface area contributed by atoms with Crippen molar-refractivity contribution in [1.29, 1.82) is 0 Å². The minimum absolute atomic E-state index is 0.150. The highest BCUT2D eigenvalue weighted by atomic mass is 79.9. The van der Waals surface area contributed by atoms with E-state index in [9.17, 15) is 4.79 Å². The van der Waals surface area contributed by atoms with E-state index in [4.69, 9.17) is 4.98 Å². The first kappa shape index (κ1) is 21.7. The van der Waals surface area contributed by atoms with Gasteiger partial charge in [0.1, 0.15) is 0 Å². The molecule has 1 N–H and O–H groups in total. The van der Waals surface area contributed by atoms with E-state index in [-0.39, 0.29) is 5.91 Å². The van der Waals surface area contributed by atoms with Crippen LogP contribution in [0.5, 0.6) is 0 Å². The fourth-order valence-corrected chi connectivity index (χ4v) is 4.65. The van der Waals surface area contributed by atoms with Crippen LogP contribution in [0.3, 0.4) is 0 Å². The maximum absolute atomic E-state index is 13.5. The number of carbonyl (C=O) groups excluding carboxylic acids is 1. The Labute approximate surface area is 199 Å². The number of nitrogens with zero attached hydrogens (tertiary/aromatic N) is 1. The predicted octanol–water partition coefficient (Wildman–Crippen LogP) is 7.91. The summed E-state index contributed by atoms with van der Waals surface area (Å²) in [5, 5.41) is 3.94. The molecule has 0 unspecified atom stereocenters. The number of aryl methyl sites for hydroxylation is 4. The number of amides is 1. The summed E-state index contributed by atoms with van der Waals surface area (Å²) in [5.74, 6) is -0.150. The van der Waals surface area contributed by atoms with Crippen molar-refractivity contribution in [3.8, 4) is 11.3 Å². The van der Waals surface area contributed by atoms with Crippen LogP contribution in [-0.2, 0) is 0 Å². The number of hydrogen-bond donors (Lipinski definition) is 1. The van der Waals surface area contributed by atoms with E-state index in [0.717, 1.165) is 53.5 Å². The SMILES string of the molecule is Cc1ccc(-c2cc(C(=O)Nc3cc(C)c(Br)cc3C)c3cc(Br)cc(C)c3n2)cc1. The number of anilines is 1. The van der Waals surface area contributed by atoms with Gasteiger partial charge in [-0.05, 0) is 74.7 Å². The number of carbonyl (C=O) groups is 1. The zero-order chi connectivity index (χ0) is 22.3. The van der Waals surface area contributed by atoms with Crippen molar-refractivity contribution in [2.45, 2.75) is 27.7 Å². The van der Waals surface area contributed by atoms with Crippen LogP contribution in [0.1, 0.15) is 32.6 Å². The molecule has 0 saturated heterocycles. The lowest BCUT2D eigenvalue weighted by atomic mass is 10.0. The maximum Gasteiger partial charge on any atom is 0.256 e. The largest absolute Gasteiger partial charge is 0.322 e. The van der Waals surface area contributed by atoms with Gasteiger partial charge in [0.25, 0.3) is 5.91 Å². The zero-order valence-electron chi connectivity index (χ0n) is 17.8. The third-order valence-corrected chi connectivity index (χ3v) is 6.73. The number of hydrogen-bond acceptors (Lipinski definition) is 2. The lowest BCUT2D eigenvalue weighted by molar-refractivity contribution is 0.102. The quantitative estimate of drug-likeness (QED) is 0.288. The Hall–Kier alpha value is -2.50. The Morgan fingerprint density at radius 3 is 2.26 bits per heavy atom. The topological polar surface area (TPSA) is 42.0 Å². The highest BCUT2D eigenvalue weighted by molar-refractivity contribution is 9.10. The molecule has 1 aromatic heterocycles. The van der Waals surface area contributed by atoms with Crippen molar-refractivity contribution in [1.82, 2.24) is 4.98 Å². The first-order chi connectivity index (χ1) is 14.7. The van der Waals surface area contributed by atoms with Crippen molar-refractivity contribution >= 4 is 54.4 Å². The molecule has 0 atom stereocenters. The van der Waals surface area contributed by atoms with Gasteiger partial charge in [0.2, 0.25) is 0 Å². The van der Waals surface area contributed by atoms with E-state index < -0.39 is 0 Å². The molecule has 5 heteroatoms. The zero-order valence-corrected chi connectivity index (χ0v) is 21.0. The van der Waals surface area contributed by atoms with Crippen molar-refractivity contribution in [3.63, 3.8) is 0 Å². The average molecular weight is 538 g/mol. The van der Waals surface area contributed by atoms with Crippen LogP contribution in [0.4, 0.5) is 5.69 Å². The highest BCUT2D eigenvalue weighted by Crippen LogP contribution is 2.31. The van der Waals surface area contributed by atoms with Crippen molar-refractivity contribution < 1.29 is 4.79 Å². The average Bonchev–Trinajstić information content (AvgIpc) is 2.72. The third kappa shape index (κ3) is 4.43. The number of benzene rings is 3. The number of nitrogens with one attached hydrogen (secondary N) is 1. The van der Waals surface area contributed by atoms with Gasteiger partial charge in [0, 0.05) is 25.6 Å². The number of fused-ring (bicyclic) bond motifs is 1. The standard InChI is InChI=1S/C26H22Br2N2O/c1-14-5-7-18(8-6-14)24-13-21(20-12-19(27)9-17(4)25(20)29-24)26(31)30-23-11-15(2)22(28)10-16(23)3/h5-13H,1-4H3,(H,30,31). The molecule has 4 rings (SSSR count). The smallest absolute Gasteiger partial charge is 0.256 e. The Kier molecular flexibility index (Phi) is 6.00. The predicted molar refractivity (Wildman–Crippen MR) is 136 cm³/mol. The van der Waals surface area contributed by atoms with Gasteiger partial charge in [-0.15, -0.1) is 0 Å². The Bertz CT molecular complexity index is 1330. The van der Waals surface area contributed by atoms with Crippen molar-refractivity contribution in [2.24, 2.45) is 0 Å². The molecule has 0 aliphatic rings. The van der Waals surface area contributed by atoms with Gasteiger partial charge in [-0.2, -0.15) is 0 Å². The first-order valence-corrected chi connectivity index (χ1v) is 11.6. The third-order valence-electron chi connectivity index (χ3n) is 5.41. The molecule has 1 heterocycles. The normalized spacial score (nSPS) is 11.0. The Balaban J connectivity index is 1.88. The van der Waals surface area contributed by atoms with Gasteiger partial charge in [-0.25, -0.2) is 4.98 Å². The molecule has 0 saturated carbocycles. The van der Waals surface area contributed by atoms with E-state index in [1.165, 1.54) is 5.56 Å². The summed E-state index contributed by atoms with van der Waals surface area (Å²) in [7, 11) is 0. The van der Waals surface area contributed by atoms with Crippen LogP contribution in [0, 0.1) is 27.7 Å². The molecule has 156 valence electrons. The summed E-state index contributed by atoms with van der Waals surface area (Å²) in [6, 6.07) is 18.1. The maximum atomic E-state index is 13.5. The van der Waals surface area contributed by atoms with Crippen LogP contribution < -0.4 is 5.32 Å². The Morgan fingerprint density at radius 2 is 1.55 bits per heavy atom. The van der Waals surface area contributed by atoms with E-state index in [1.807, 2.05) is 63.2 Å². The molecule has 1 amide bonds. The van der Waals surface area contributed by atoms with Gasteiger partial charge in [0.05, 0.1) is 16.8 Å². The second kappa shape index (κ2) is 8.56. The van der Waals surface area contributed by atoms with Crippen LogP contribution in [-0.4, -0.2) is 10.9 Å². The molecule has 31 heavy (non-hydrogen) atoms. The van der Waals surface area contributed by atoms with Crippen LogP contribution in [0.2, 0.25) is 0 Å². The second-order valence-electron chi connectivity index (χ2n) is 7.91. The molecule has 0 radical (unpaired) electrons. The van der Waals surface area contributed by atoms with Gasteiger partial charge >= 0.3 is 0 Å². The van der Waals surface area contributed by atoms with Crippen LogP contribution >= 0.6 is 31.9 Å². The molecule has 0 aliphatic carbocycles. The lowest BCUT2D eigenvalue weighted by Crippen LogP contribution is -2.14. The van der Waals surface area contributed by atoms with Gasteiger partial charge < -0.3 is 5.32 Å². The summed E-state index contributed by atoms with van der Waals surface area (Å²) in [5.41, 5.74) is 8.28. The minimum atomic E-state index is -0.150. The summed E-state index contributed by atoms with van der Waals surface area (Å²) >= 11 is 7.12. The molecular weight excluding hydrogens is 516 g/mol. The summed E-state index contributed by atoms with van der Waals surface area (Å²) in [6.45, 7) is 8.07. The fourth-order valence-electron chi connectivity index (χ4n) is 3.62. The lowest BCUT2D eigenvalue weighted by Gasteiger charge is -2.14. The number of aromatic nitrogens is 1. The van der Waals surface area contributed by atoms with Crippen molar-refractivity contribution in [3.05, 3.63) is 91.4 Å². The fraction of sp³-hybridized carbons (Fsp3) is 0.154. The summed E-state index contributed by atoms with van der Waals surface area (Å²) in [6.07, 6.45) is 0. The van der Waals surface area contributed by atoms with Gasteiger partial charge in [-0.3, -0.25) is 4.79 Å². The van der Waals surface area contributed by atoms with E-state index in [2.05, 4.69) is 56.2 Å². The second-order valence-corrected chi connectivity index (χ2v) is 9.68. The minimum Gasteiger partial charge on any atom is -0.322 e. The highest BCUT2D eigenvalue weighted by Gasteiger charge is 2.17. The number of rotatable bonds is 3. The number of halogens is 2. The molecule has 0 bridgehead atoms. The van der Waals surface area contributed by atoms with Crippen LogP contribution in [0.25, 0.3) is 22.2 Å². The molecule has 0 fully saturated rings. The molecular formula is C26H22Br2N2O. The van der Waals surface area contributed by atoms with Crippen LogP contribution in [0.15, 0.2) is 63.5 Å². The van der Waals surface area contributed by atoms with Crippen molar-refractivity contribution in [2.75, 3.05) is 5.32 Å². The van der Waals surface area contributed by atoms with E-state index in [1.54, 1.807) is 0 Å². The van der Waals surface area contributed by atoms with E-state index >= 15 is 0 Å².